The van der Waals surface area contributed by atoms with E-state index in [0.29, 0.717) is 11.6 Å². The largest absolute Gasteiger partial charge is 0.481 e. The molecule has 0 atom stereocenters. The van der Waals surface area contributed by atoms with Crippen LogP contribution in [-0.4, -0.2) is 21.0 Å². The first-order valence-corrected chi connectivity index (χ1v) is 4.05. The number of carbonyl (C=O) groups is 1. The van der Waals surface area contributed by atoms with Crippen LogP contribution in [0, 0.1) is 0 Å². The molecule has 5 heteroatoms. The zero-order valence-electron chi connectivity index (χ0n) is 7.23. The van der Waals surface area contributed by atoms with E-state index in [1.54, 1.807) is 18.5 Å². The summed E-state index contributed by atoms with van der Waals surface area (Å²) in [5.74, 6) is -0.485. The Morgan fingerprint density at radius 2 is 2.50 bits per heavy atom. The number of hydrogen-bond donors (Lipinski definition) is 2. The standard InChI is InChI=1S/C9H8N2O3/c12-8(13)3-7-5-14-9(11-7)6-1-2-10-4-6/h1-2,4-5,10H,3H2,(H,12,13). The Labute approximate surface area is 79.4 Å². The number of carboxylic acid groups (broad SMARTS) is 1. The fourth-order valence-corrected chi connectivity index (χ4v) is 1.13. The van der Waals surface area contributed by atoms with Crippen molar-refractivity contribution >= 4 is 5.97 Å². The second-order valence-electron chi connectivity index (χ2n) is 2.81. The smallest absolute Gasteiger partial charge is 0.309 e. The Bertz CT molecular complexity index is 431. The quantitative estimate of drug-likeness (QED) is 0.768. The molecule has 0 aliphatic carbocycles. The first-order valence-electron chi connectivity index (χ1n) is 4.05. The molecule has 2 aromatic heterocycles. The summed E-state index contributed by atoms with van der Waals surface area (Å²) in [6.45, 7) is 0. The maximum atomic E-state index is 10.4. The molecule has 0 fully saturated rings. The molecule has 0 aromatic carbocycles. The molecule has 2 N–H and O–H groups in total. The van der Waals surface area contributed by atoms with Crippen LogP contribution in [0.15, 0.2) is 29.1 Å². The van der Waals surface area contributed by atoms with Crippen molar-refractivity contribution in [3.05, 3.63) is 30.4 Å². The van der Waals surface area contributed by atoms with Crippen molar-refractivity contribution in [2.24, 2.45) is 0 Å². The van der Waals surface area contributed by atoms with Crippen molar-refractivity contribution in [2.75, 3.05) is 0 Å². The van der Waals surface area contributed by atoms with E-state index in [4.69, 9.17) is 9.52 Å². The summed E-state index contributed by atoms with van der Waals surface area (Å²) in [7, 11) is 0. The van der Waals surface area contributed by atoms with E-state index >= 15 is 0 Å². The lowest BCUT2D eigenvalue weighted by Crippen LogP contribution is -1.99. The van der Waals surface area contributed by atoms with E-state index in [-0.39, 0.29) is 6.42 Å². The number of carboxylic acids is 1. The lowest BCUT2D eigenvalue weighted by atomic mass is 10.3. The number of aromatic nitrogens is 2. The molecular formula is C9H8N2O3. The number of rotatable bonds is 3. The number of hydrogen-bond acceptors (Lipinski definition) is 3. The highest BCUT2D eigenvalue weighted by atomic mass is 16.4. The van der Waals surface area contributed by atoms with Crippen LogP contribution in [0.4, 0.5) is 0 Å². The van der Waals surface area contributed by atoms with Gasteiger partial charge < -0.3 is 14.5 Å². The molecule has 72 valence electrons. The zero-order valence-corrected chi connectivity index (χ0v) is 7.23. The van der Waals surface area contributed by atoms with Crippen molar-refractivity contribution in [3.8, 4) is 11.5 Å². The van der Waals surface area contributed by atoms with Gasteiger partial charge >= 0.3 is 5.97 Å². The van der Waals surface area contributed by atoms with Gasteiger partial charge in [-0.1, -0.05) is 0 Å². The van der Waals surface area contributed by atoms with Gasteiger partial charge in [0.2, 0.25) is 5.89 Å². The highest BCUT2D eigenvalue weighted by molar-refractivity contribution is 5.69. The second-order valence-corrected chi connectivity index (χ2v) is 2.81. The lowest BCUT2D eigenvalue weighted by molar-refractivity contribution is -0.136. The van der Waals surface area contributed by atoms with Crippen LogP contribution in [0.25, 0.3) is 11.5 Å². The van der Waals surface area contributed by atoms with Gasteiger partial charge in [-0.25, -0.2) is 4.98 Å². The van der Waals surface area contributed by atoms with Crippen LogP contribution in [0.3, 0.4) is 0 Å². The van der Waals surface area contributed by atoms with E-state index in [2.05, 4.69) is 9.97 Å². The van der Waals surface area contributed by atoms with Gasteiger partial charge in [0, 0.05) is 12.4 Å². The predicted octanol–water partition coefficient (Wildman–Crippen LogP) is 1.30. The van der Waals surface area contributed by atoms with Crippen LogP contribution in [0.2, 0.25) is 0 Å². The summed E-state index contributed by atoms with van der Waals surface area (Å²) >= 11 is 0. The Hall–Kier alpha value is -2.04. The van der Waals surface area contributed by atoms with Gasteiger partial charge in [0.1, 0.15) is 6.26 Å². The number of aliphatic carboxylic acids is 1. The van der Waals surface area contributed by atoms with E-state index in [1.165, 1.54) is 6.26 Å². The molecule has 5 nitrogen and oxygen atoms in total. The monoisotopic (exact) mass is 192 g/mol. The Morgan fingerprint density at radius 1 is 1.64 bits per heavy atom. The van der Waals surface area contributed by atoms with Crippen molar-refractivity contribution < 1.29 is 14.3 Å². The summed E-state index contributed by atoms with van der Waals surface area (Å²) in [5, 5.41) is 8.52. The first kappa shape index (κ1) is 8.55. The third kappa shape index (κ3) is 1.66. The topological polar surface area (TPSA) is 79.1 Å². The summed E-state index contributed by atoms with van der Waals surface area (Å²) < 4.78 is 5.12. The van der Waals surface area contributed by atoms with Crippen LogP contribution in [0.5, 0.6) is 0 Å². The fourth-order valence-electron chi connectivity index (χ4n) is 1.13. The van der Waals surface area contributed by atoms with Gasteiger partial charge in [0.05, 0.1) is 17.7 Å². The molecule has 0 radical (unpaired) electrons. The predicted molar refractivity (Wildman–Crippen MR) is 47.6 cm³/mol. The molecule has 2 heterocycles. The second kappa shape index (κ2) is 3.37. The van der Waals surface area contributed by atoms with Crippen LogP contribution < -0.4 is 0 Å². The SMILES string of the molecule is O=C(O)Cc1coc(-c2cc[nH]c2)n1. The van der Waals surface area contributed by atoms with Crippen LogP contribution >= 0.6 is 0 Å². The zero-order chi connectivity index (χ0) is 9.97. The number of H-pyrrole nitrogens is 1. The highest BCUT2D eigenvalue weighted by Gasteiger charge is 2.09. The van der Waals surface area contributed by atoms with Crippen LogP contribution in [0.1, 0.15) is 5.69 Å². The minimum Gasteiger partial charge on any atom is -0.481 e. The average molecular weight is 192 g/mol. The maximum Gasteiger partial charge on any atom is 0.309 e. The van der Waals surface area contributed by atoms with Gasteiger partial charge in [-0.15, -0.1) is 0 Å². The molecule has 14 heavy (non-hydrogen) atoms. The van der Waals surface area contributed by atoms with Gasteiger partial charge in [0.25, 0.3) is 0 Å². The normalized spacial score (nSPS) is 10.3. The summed E-state index contributed by atoms with van der Waals surface area (Å²) in [6, 6.07) is 1.80. The van der Waals surface area contributed by atoms with E-state index < -0.39 is 5.97 Å². The molecule has 2 rings (SSSR count). The fraction of sp³-hybridized carbons (Fsp3) is 0.111. The molecule has 0 saturated carbocycles. The maximum absolute atomic E-state index is 10.4. The van der Waals surface area contributed by atoms with E-state index in [9.17, 15) is 4.79 Å². The number of nitrogens with zero attached hydrogens (tertiary/aromatic N) is 1. The van der Waals surface area contributed by atoms with Gasteiger partial charge in [-0.2, -0.15) is 0 Å². The van der Waals surface area contributed by atoms with E-state index in [1.807, 2.05) is 0 Å². The average Bonchev–Trinajstić information content (AvgIpc) is 2.69. The molecule has 0 spiro atoms. The number of nitrogens with one attached hydrogen (secondary N) is 1. The molecule has 0 bridgehead atoms. The minimum absolute atomic E-state index is 0.117. The van der Waals surface area contributed by atoms with Crippen LogP contribution in [-0.2, 0) is 11.2 Å². The molecule has 0 unspecified atom stereocenters. The number of oxazole rings is 1. The van der Waals surface area contributed by atoms with Crippen molar-refractivity contribution in [2.45, 2.75) is 6.42 Å². The molecule has 2 aromatic rings. The van der Waals surface area contributed by atoms with Crippen molar-refractivity contribution in [1.82, 2.24) is 9.97 Å². The van der Waals surface area contributed by atoms with Gasteiger partial charge in [-0.05, 0) is 6.07 Å². The number of aromatic amines is 1. The lowest BCUT2D eigenvalue weighted by Gasteiger charge is -1.86. The summed E-state index contributed by atoms with van der Waals surface area (Å²) in [6.07, 6.45) is 4.72. The molecular weight excluding hydrogens is 184 g/mol. The van der Waals surface area contributed by atoms with E-state index in [0.717, 1.165) is 5.56 Å². The molecule has 0 amide bonds. The minimum atomic E-state index is -0.918. The van der Waals surface area contributed by atoms with Gasteiger partial charge in [-0.3, -0.25) is 4.79 Å². The summed E-state index contributed by atoms with van der Waals surface area (Å²) in [5.41, 5.74) is 1.23. The van der Waals surface area contributed by atoms with Crippen molar-refractivity contribution in [3.63, 3.8) is 0 Å². The van der Waals surface area contributed by atoms with Gasteiger partial charge in [0.15, 0.2) is 0 Å². The van der Waals surface area contributed by atoms with Crippen molar-refractivity contribution in [1.29, 1.82) is 0 Å². The highest BCUT2D eigenvalue weighted by Crippen LogP contribution is 2.17. The molecule has 0 saturated heterocycles. The molecule has 0 aliphatic heterocycles. The Balaban J connectivity index is 2.22. The molecule has 0 aliphatic rings. The Morgan fingerprint density at radius 3 is 3.14 bits per heavy atom. The Kier molecular flexibility index (Phi) is 2.06. The third-order valence-electron chi connectivity index (χ3n) is 1.73. The first-order chi connectivity index (χ1) is 6.75. The third-order valence-corrected chi connectivity index (χ3v) is 1.73. The summed E-state index contributed by atoms with van der Waals surface area (Å²) in [4.78, 5) is 17.3.